The molecule has 1 aliphatic rings. The van der Waals surface area contributed by atoms with E-state index in [1.54, 1.807) is 12.4 Å². The molecule has 0 amide bonds. The van der Waals surface area contributed by atoms with Crippen molar-refractivity contribution >= 4 is 0 Å². The highest BCUT2D eigenvalue weighted by molar-refractivity contribution is 5.34. The van der Waals surface area contributed by atoms with E-state index >= 15 is 0 Å². The molecule has 0 aromatic carbocycles. The van der Waals surface area contributed by atoms with Gasteiger partial charge in [-0.1, -0.05) is 27.7 Å². The molecule has 1 aliphatic carbocycles. The molecule has 0 aliphatic heterocycles. The Bertz CT molecular complexity index is 377. The molecule has 2 N–H and O–H groups in total. The molecule has 2 rings (SSSR count). The van der Waals surface area contributed by atoms with Crippen molar-refractivity contribution in [2.45, 2.75) is 45.6 Å². The Kier molecular flexibility index (Phi) is 2.74. The zero-order valence-corrected chi connectivity index (χ0v) is 10.6. The van der Waals surface area contributed by atoms with Gasteiger partial charge in [0, 0.05) is 30.3 Å². The van der Waals surface area contributed by atoms with E-state index in [1.807, 2.05) is 0 Å². The lowest BCUT2D eigenvalue weighted by atomic mass is 9.65. The zero-order valence-electron chi connectivity index (χ0n) is 10.6. The molecular weight excluding hydrogens is 198 g/mol. The number of hydrogen-bond acceptors (Lipinski definition) is 3. The largest absolute Gasteiger partial charge is 0.326 e. The second kappa shape index (κ2) is 3.81. The van der Waals surface area contributed by atoms with Crippen LogP contribution in [0.25, 0.3) is 0 Å². The highest BCUT2D eigenvalue weighted by atomic mass is 14.9. The van der Waals surface area contributed by atoms with Crippen LogP contribution in [0.2, 0.25) is 0 Å². The van der Waals surface area contributed by atoms with E-state index in [0.29, 0.717) is 11.8 Å². The lowest BCUT2D eigenvalue weighted by molar-refractivity contribution is 0.185. The summed E-state index contributed by atoms with van der Waals surface area (Å²) in [6, 6.07) is 0.143. The molecule has 16 heavy (non-hydrogen) atoms. The molecule has 1 heterocycles. The third-order valence-electron chi connectivity index (χ3n) is 4.12. The van der Waals surface area contributed by atoms with Gasteiger partial charge in [0.05, 0.1) is 11.4 Å². The number of nitrogens with zero attached hydrogens (tertiary/aromatic N) is 2. The summed E-state index contributed by atoms with van der Waals surface area (Å²) in [4.78, 5) is 8.99. The Hall–Kier alpha value is -0.960. The van der Waals surface area contributed by atoms with Gasteiger partial charge in [0.15, 0.2) is 0 Å². The zero-order chi connectivity index (χ0) is 11.9. The summed E-state index contributed by atoms with van der Waals surface area (Å²) in [6.07, 6.45) is 4.41. The van der Waals surface area contributed by atoms with Gasteiger partial charge >= 0.3 is 0 Å². The number of nitrogens with two attached hydrogens (primary N) is 1. The van der Waals surface area contributed by atoms with Crippen molar-refractivity contribution in [1.82, 2.24) is 9.97 Å². The summed E-state index contributed by atoms with van der Waals surface area (Å²) in [5, 5.41) is 0. The predicted octanol–water partition coefficient (Wildman–Crippen LogP) is 1.91. The molecule has 1 aromatic rings. The Balaban J connectivity index is 2.62. The average molecular weight is 219 g/mol. The van der Waals surface area contributed by atoms with Crippen LogP contribution >= 0.6 is 0 Å². The molecule has 3 nitrogen and oxygen atoms in total. The fourth-order valence-corrected chi connectivity index (χ4v) is 3.50. The van der Waals surface area contributed by atoms with Gasteiger partial charge in [-0.3, -0.25) is 9.97 Å². The minimum absolute atomic E-state index is 0.0103. The summed E-state index contributed by atoms with van der Waals surface area (Å²) >= 11 is 0. The maximum Gasteiger partial charge on any atom is 0.0701 e. The van der Waals surface area contributed by atoms with Gasteiger partial charge in [0.25, 0.3) is 0 Å². The van der Waals surface area contributed by atoms with Crippen LogP contribution in [0.4, 0.5) is 0 Å². The van der Waals surface area contributed by atoms with Crippen molar-refractivity contribution in [3.05, 3.63) is 23.8 Å². The summed E-state index contributed by atoms with van der Waals surface area (Å²) in [6.45, 7) is 8.96. The number of rotatable bonds is 2. The third kappa shape index (κ3) is 1.31. The van der Waals surface area contributed by atoms with Gasteiger partial charge in [-0.2, -0.15) is 0 Å². The molecule has 1 atom stereocenters. The Labute approximate surface area is 97.5 Å². The molecular formula is C13H21N3. The molecule has 1 aromatic heterocycles. The van der Waals surface area contributed by atoms with Crippen molar-refractivity contribution < 1.29 is 0 Å². The molecule has 0 fully saturated rings. The fraction of sp³-hybridized carbons (Fsp3) is 0.692. The van der Waals surface area contributed by atoms with Crippen molar-refractivity contribution in [3.63, 3.8) is 0 Å². The van der Waals surface area contributed by atoms with Gasteiger partial charge < -0.3 is 5.73 Å². The van der Waals surface area contributed by atoms with Gasteiger partial charge in [0.2, 0.25) is 0 Å². The van der Waals surface area contributed by atoms with E-state index in [4.69, 9.17) is 5.73 Å². The molecule has 88 valence electrons. The lowest BCUT2D eigenvalue weighted by Gasteiger charge is -2.41. The summed E-state index contributed by atoms with van der Waals surface area (Å²) in [5.74, 6) is 0.973. The van der Waals surface area contributed by atoms with Crippen LogP contribution in [0, 0.1) is 11.8 Å². The summed E-state index contributed by atoms with van der Waals surface area (Å²) in [7, 11) is 0. The van der Waals surface area contributed by atoms with Crippen LogP contribution in [-0.4, -0.2) is 16.0 Å². The normalized spacial score (nSPS) is 22.8. The molecule has 0 saturated heterocycles. The summed E-state index contributed by atoms with van der Waals surface area (Å²) in [5.41, 5.74) is 8.60. The molecule has 0 bridgehead atoms. The monoisotopic (exact) mass is 219 g/mol. The Morgan fingerprint density at radius 2 is 1.75 bits per heavy atom. The van der Waals surface area contributed by atoms with Gasteiger partial charge in [0.1, 0.15) is 0 Å². The van der Waals surface area contributed by atoms with Crippen LogP contribution in [0.3, 0.4) is 0 Å². The predicted molar refractivity (Wildman–Crippen MR) is 65.1 cm³/mol. The number of aromatic nitrogens is 2. The van der Waals surface area contributed by atoms with Crippen LogP contribution in [0.1, 0.15) is 39.1 Å². The minimum Gasteiger partial charge on any atom is -0.326 e. The molecule has 0 spiro atoms. The second-order valence-electron chi connectivity index (χ2n) is 5.40. The first-order chi connectivity index (χ1) is 7.51. The molecule has 0 unspecified atom stereocenters. The van der Waals surface area contributed by atoms with Gasteiger partial charge in [-0.05, 0) is 11.8 Å². The highest BCUT2D eigenvalue weighted by Gasteiger charge is 2.51. The van der Waals surface area contributed by atoms with Crippen molar-refractivity contribution in [2.75, 3.05) is 0 Å². The van der Waals surface area contributed by atoms with Crippen molar-refractivity contribution in [1.29, 1.82) is 0 Å². The van der Waals surface area contributed by atoms with Crippen LogP contribution < -0.4 is 5.73 Å². The van der Waals surface area contributed by atoms with Crippen molar-refractivity contribution in [3.8, 4) is 0 Å². The van der Waals surface area contributed by atoms with Gasteiger partial charge in [-0.25, -0.2) is 0 Å². The smallest absolute Gasteiger partial charge is 0.0701 e. The van der Waals surface area contributed by atoms with E-state index in [9.17, 15) is 0 Å². The Morgan fingerprint density at radius 1 is 1.19 bits per heavy atom. The third-order valence-corrected chi connectivity index (χ3v) is 4.12. The Morgan fingerprint density at radius 3 is 2.31 bits per heavy atom. The maximum atomic E-state index is 6.39. The molecule has 3 heteroatoms. The van der Waals surface area contributed by atoms with Gasteiger partial charge in [-0.15, -0.1) is 0 Å². The van der Waals surface area contributed by atoms with Crippen molar-refractivity contribution in [2.24, 2.45) is 17.6 Å². The van der Waals surface area contributed by atoms with Crippen LogP contribution in [0.15, 0.2) is 12.4 Å². The first-order valence-corrected chi connectivity index (χ1v) is 6.07. The maximum absolute atomic E-state index is 6.39. The number of fused-ring (bicyclic) bond motifs is 1. The molecule has 0 saturated carbocycles. The van der Waals surface area contributed by atoms with Crippen LogP contribution in [-0.2, 0) is 11.8 Å². The van der Waals surface area contributed by atoms with E-state index in [0.717, 1.165) is 17.8 Å². The standard InChI is InChI=1S/C13H21N3/c1-8(2)13(9(3)4)11(14)7-10-12(13)16-6-5-15-10/h5-6,8-9,11H,7,14H2,1-4H3/t11-/m1/s1. The second-order valence-corrected chi connectivity index (χ2v) is 5.40. The topological polar surface area (TPSA) is 51.8 Å². The first kappa shape index (κ1) is 11.5. The highest BCUT2D eigenvalue weighted by Crippen LogP contribution is 2.46. The van der Waals surface area contributed by atoms with Crippen LogP contribution in [0.5, 0.6) is 0 Å². The minimum atomic E-state index is -0.0103. The average Bonchev–Trinajstić information content (AvgIpc) is 2.50. The SMILES string of the molecule is CC(C)C1(C(C)C)c2nccnc2C[C@H]1N. The lowest BCUT2D eigenvalue weighted by Crippen LogP contribution is -2.50. The molecule has 0 radical (unpaired) electrons. The quantitative estimate of drug-likeness (QED) is 0.826. The van der Waals surface area contributed by atoms with E-state index < -0.39 is 0 Å². The van der Waals surface area contributed by atoms with E-state index in [-0.39, 0.29) is 11.5 Å². The van der Waals surface area contributed by atoms with E-state index in [2.05, 4.69) is 37.7 Å². The first-order valence-electron chi connectivity index (χ1n) is 6.07. The summed E-state index contributed by atoms with van der Waals surface area (Å²) < 4.78 is 0. The van der Waals surface area contributed by atoms with E-state index in [1.165, 1.54) is 0 Å². The fourth-order valence-electron chi connectivity index (χ4n) is 3.50. The number of hydrogen-bond donors (Lipinski definition) is 1.